The van der Waals surface area contributed by atoms with Crippen LogP contribution in [0.3, 0.4) is 0 Å². The van der Waals surface area contributed by atoms with E-state index in [0.29, 0.717) is 48.6 Å². The lowest BCUT2D eigenvalue weighted by Crippen LogP contribution is -2.61. The molecular formula is C82H56F16N6O18S4. The first kappa shape index (κ1) is 91.4. The van der Waals surface area contributed by atoms with Gasteiger partial charge in [0.25, 0.3) is 0 Å². The van der Waals surface area contributed by atoms with E-state index < -0.39 is 323 Å². The second kappa shape index (κ2) is 37.5. The van der Waals surface area contributed by atoms with Crippen LogP contribution >= 0.6 is 47.0 Å². The first-order valence-electron chi connectivity index (χ1n) is 36.5. The molecule has 4 aromatic carbocycles. The molecule has 4 aliphatic rings. The van der Waals surface area contributed by atoms with Crippen LogP contribution in [0.25, 0.3) is 90.9 Å². The lowest BCUT2D eigenvalue weighted by molar-refractivity contribution is -0.237. The summed E-state index contributed by atoms with van der Waals surface area (Å²) in [5, 5.41) is 0. The number of thioether (sulfide) groups is 2. The van der Waals surface area contributed by atoms with Gasteiger partial charge in [0.05, 0.1) is 64.6 Å². The zero-order valence-electron chi connectivity index (χ0n) is 65.2. The van der Waals surface area contributed by atoms with Crippen LogP contribution in [0.5, 0.6) is 0 Å². The number of nitrogens with zero attached hydrogens (tertiary/aromatic N) is 4. The highest BCUT2D eigenvalue weighted by molar-refractivity contribution is 8.00. The van der Waals surface area contributed by atoms with Crippen molar-refractivity contribution in [3.8, 4) is 44.5 Å². The van der Waals surface area contributed by atoms with E-state index in [-0.39, 0.29) is 56.8 Å². The highest BCUT2D eigenvalue weighted by Crippen LogP contribution is 2.51. The number of ether oxygens (including phenoxy) is 10. The number of pyridine rings is 2. The van der Waals surface area contributed by atoms with E-state index in [0.717, 1.165) is 80.2 Å². The third-order valence-electron chi connectivity index (χ3n) is 18.7. The van der Waals surface area contributed by atoms with Crippen LogP contribution in [-0.4, -0.2) is 151 Å². The number of H-pyrrole nitrogens is 2. The van der Waals surface area contributed by atoms with Crippen LogP contribution in [-0.2, 0) is 85.7 Å². The number of aromatic amines is 2. The normalized spacial score (nSPS) is 19.0. The van der Waals surface area contributed by atoms with Gasteiger partial charge in [0, 0.05) is 134 Å². The van der Waals surface area contributed by atoms with Crippen molar-refractivity contribution in [1.29, 1.82) is 0 Å². The van der Waals surface area contributed by atoms with Gasteiger partial charge in [-0.05, 0) is 72.8 Å². The van der Waals surface area contributed by atoms with E-state index in [1.165, 1.54) is 24.3 Å². The van der Waals surface area contributed by atoms with Crippen molar-refractivity contribution in [2.45, 2.75) is 144 Å². The Morgan fingerprint density at radius 2 is 0.532 bits per heavy atom. The largest absolute Gasteiger partial charge is 0.463 e. The van der Waals surface area contributed by atoms with Crippen LogP contribution < -0.4 is 0 Å². The summed E-state index contributed by atoms with van der Waals surface area (Å²) in [6.07, 6.45) is -8.79. The Morgan fingerprint density at radius 3 is 0.770 bits per heavy atom. The van der Waals surface area contributed by atoms with Crippen molar-refractivity contribution in [2.24, 2.45) is 0 Å². The molecule has 10 atom stereocenters. The van der Waals surface area contributed by atoms with Crippen molar-refractivity contribution in [3.05, 3.63) is 189 Å². The summed E-state index contributed by atoms with van der Waals surface area (Å²) in [5.74, 6) is -46.6. The maximum Gasteiger partial charge on any atom is 0.303 e. The van der Waals surface area contributed by atoms with E-state index in [1.54, 1.807) is 0 Å². The fourth-order valence-electron chi connectivity index (χ4n) is 13.8. The molecule has 0 aliphatic carbocycles. The summed E-state index contributed by atoms with van der Waals surface area (Å²) in [7, 11) is 0. The van der Waals surface area contributed by atoms with Crippen molar-refractivity contribution < 1.29 is 156 Å². The Hall–Kier alpha value is -12.3. The second-order valence-electron chi connectivity index (χ2n) is 27.3. The van der Waals surface area contributed by atoms with Gasteiger partial charge in [0.2, 0.25) is 0 Å². The molecule has 0 amide bonds. The summed E-state index contributed by atoms with van der Waals surface area (Å²) in [5.41, 5.74) is -24.8. The summed E-state index contributed by atoms with van der Waals surface area (Å²) in [6, 6.07) is 7.55. The number of esters is 8. The smallest absolute Gasteiger partial charge is 0.303 e. The van der Waals surface area contributed by atoms with Gasteiger partial charge >= 0.3 is 47.8 Å². The van der Waals surface area contributed by atoms with Gasteiger partial charge in [-0.25, -0.2) is 80.2 Å². The lowest BCUT2D eigenvalue weighted by Gasteiger charge is -2.44. The molecule has 0 spiro atoms. The number of hydrogen-bond donors (Lipinski definition) is 2. The van der Waals surface area contributed by atoms with Gasteiger partial charge in [-0.1, -0.05) is 47.0 Å². The van der Waals surface area contributed by atoms with Gasteiger partial charge in [0.15, 0.2) is 130 Å². The third-order valence-corrected chi connectivity index (χ3v) is 23.3. The molecule has 0 radical (unpaired) electrons. The molecule has 0 unspecified atom stereocenters. The van der Waals surface area contributed by atoms with Crippen LogP contribution in [0.4, 0.5) is 70.2 Å². The van der Waals surface area contributed by atoms with Gasteiger partial charge < -0.3 is 57.3 Å². The molecule has 9 heterocycles. The average Bonchev–Trinajstić information content (AvgIpc) is 1.54. The fraction of sp³-hybridized carbons (Fsp3) is 0.244. The van der Waals surface area contributed by atoms with Crippen molar-refractivity contribution >= 4 is 141 Å². The van der Waals surface area contributed by atoms with E-state index in [4.69, 9.17) is 47.4 Å². The molecule has 44 heteroatoms. The number of benzene rings is 4. The van der Waals surface area contributed by atoms with Crippen LogP contribution in [0.2, 0.25) is 0 Å². The number of halogens is 16. The number of carbonyl (C=O) groups excluding carboxylic acids is 8. The minimum atomic E-state index is -2.49. The van der Waals surface area contributed by atoms with Crippen molar-refractivity contribution in [1.82, 2.24) is 29.9 Å². The Morgan fingerprint density at radius 1 is 0.302 bits per heavy atom. The van der Waals surface area contributed by atoms with Gasteiger partial charge in [-0.3, -0.25) is 48.3 Å². The minimum absolute atomic E-state index is 0.0545. The molecule has 9 aromatic rings. The maximum atomic E-state index is 18.2. The topological polar surface area (TPSA) is 312 Å². The molecule has 24 nitrogen and oxygen atoms in total. The highest BCUT2D eigenvalue weighted by Gasteiger charge is 2.55. The number of fused-ring (bicyclic) bond motifs is 8. The lowest BCUT2D eigenvalue weighted by atomic mass is 9.99. The van der Waals surface area contributed by atoms with Crippen molar-refractivity contribution in [3.63, 3.8) is 0 Å². The van der Waals surface area contributed by atoms with Crippen molar-refractivity contribution in [2.75, 3.05) is 13.2 Å². The average molecular weight is 1850 g/mol. The molecule has 5 aromatic heterocycles. The van der Waals surface area contributed by atoms with E-state index in [1.807, 2.05) is 0 Å². The first-order valence-corrected chi connectivity index (χ1v) is 39.9. The zero-order valence-corrected chi connectivity index (χ0v) is 68.5. The molecule has 8 bridgehead atoms. The predicted octanol–water partition coefficient (Wildman–Crippen LogP) is 17.0. The van der Waals surface area contributed by atoms with Gasteiger partial charge in [-0.2, -0.15) is 0 Å². The predicted molar refractivity (Wildman–Crippen MR) is 412 cm³/mol. The Bertz CT molecular complexity index is 5800. The molecule has 2 fully saturated rings. The standard InChI is InChI=1S/C82H56F16N6O18S4/c1-27(105)113-25-45-71(115-29(3)107)73(117-31(5)109)75(119-33(7)111)81(121-45)125-79-67(95)59(87)53(60(88)68(79)96)49-41-13-11-39(102-41)47(51-55(83)63(91)77(64(92)56(51)84)123-35-17-21-99-22-18-35)37-9-10-38(101-37)48(52-57(85)65(93)78(66(94)58(52)86)124-36-19-23-100-24-20-36)40-12-14-42(103-40)50(44-16-15-43(49)104-44)54-61(89)69(97)80(70(98)62(54)90)126-82-76(120-34(8)112)74(118-32(6)110)72(116-30(4)108)46(122-82)26-114-28(2)106/h9-24,45-46,71-76,81-82,102-103H,25-26H2,1-8H3/t45-,46-,71-,72-,73+,74+,75-,76-,81+,82+/m1/s1. The maximum absolute atomic E-state index is 18.2. The third kappa shape index (κ3) is 18.3. The number of hydrogen-bond acceptors (Lipinski definition) is 26. The summed E-state index contributed by atoms with van der Waals surface area (Å²) >= 11 is -0.398. The summed E-state index contributed by atoms with van der Waals surface area (Å²) in [6.45, 7) is 4.72. The fourth-order valence-corrected chi connectivity index (χ4v) is 17.8. The number of aromatic nitrogens is 6. The Kier molecular flexibility index (Phi) is 27.2. The molecule has 658 valence electrons. The van der Waals surface area contributed by atoms with Gasteiger partial charge in [0.1, 0.15) is 36.3 Å². The molecule has 126 heavy (non-hydrogen) atoms. The second-order valence-corrected chi connectivity index (χ2v) is 31.7. The van der Waals surface area contributed by atoms with Crippen LogP contribution in [0.15, 0.2) is 103 Å². The van der Waals surface area contributed by atoms with Crippen LogP contribution in [0, 0.1) is 93.1 Å². The molecule has 2 saturated heterocycles. The summed E-state index contributed by atoms with van der Waals surface area (Å²) < 4.78 is 337. The Labute approximate surface area is 714 Å². The molecular weight excluding hydrogens is 1790 g/mol. The monoisotopic (exact) mass is 1840 g/mol. The van der Waals surface area contributed by atoms with Crippen LogP contribution in [0.1, 0.15) is 78.2 Å². The SMILES string of the molecule is CC(=O)OC[C@H]1O[C@@H](Sc2c(F)c(F)c(-c3c4nc(c(-c5c(F)c(F)c(S[C@@H]6O[C@H](COC(C)=O)[C@@H](OC(C)=O)[C@H](OC(C)=O)[C@H]6OC(C)=O)c(F)c5F)c5ccc([nH]5)c(-c5c(F)c(F)c(Sc6ccncc6)c(F)c5F)c5nc(c(-c6c(F)c(F)c(Sc7ccncc7)c(F)c6F)c6ccc3[nH]6)C=C5)C=C4)c(F)c2F)[C@H](OC(C)=O)[C@@H](OC(C)=O)[C@@H]1OC(C)=O. The minimum Gasteiger partial charge on any atom is -0.463 e. The van der Waals surface area contributed by atoms with E-state index >= 15 is 70.2 Å². The van der Waals surface area contributed by atoms with E-state index in [2.05, 4.69) is 29.9 Å². The van der Waals surface area contributed by atoms with Gasteiger partial charge in [-0.15, -0.1) is 0 Å². The molecule has 0 saturated carbocycles. The Balaban J connectivity index is 1.13. The van der Waals surface area contributed by atoms with E-state index in [9.17, 15) is 38.4 Å². The molecule has 4 aliphatic heterocycles. The quantitative estimate of drug-likeness (QED) is 0.0275. The molecule has 2 N–H and O–H groups in total. The molecule has 13 rings (SSSR count). The number of carbonyl (C=O) groups is 8. The highest BCUT2D eigenvalue weighted by atomic mass is 32.2. The number of nitrogens with one attached hydrogen (secondary N) is 2. The summed E-state index contributed by atoms with van der Waals surface area (Å²) in [4.78, 5) is 116. The zero-order chi connectivity index (χ0) is 91.2. The number of rotatable bonds is 22. The first-order chi connectivity index (χ1) is 59.7.